The van der Waals surface area contributed by atoms with E-state index in [1.165, 1.54) is 35.2 Å². The van der Waals surface area contributed by atoms with Crippen LogP contribution in [0.25, 0.3) is 44.6 Å². The van der Waals surface area contributed by atoms with Crippen LogP contribution in [0.1, 0.15) is 40.9 Å². The predicted molar refractivity (Wildman–Crippen MR) is 173 cm³/mol. The fourth-order valence-electron chi connectivity index (χ4n) is 5.66. The number of nitrogens with zero attached hydrogens (tertiary/aromatic N) is 3. The van der Waals surface area contributed by atoms with E-state index in [9.17, 15) is 0 Å². The van der Waals surface area contributed by atoms with Crippen LogP contribution in [-0.2, 0) is 39.4 Å². The Morgan fingerprint density at radius 1 is 0.727 bits per heavy atom. The number of aromatic nitrogens is 3. The molecule has 0 atom stereocenters. The second-order valence-corrected chi connectivity index (χ2v) is 11.0. The van der Waals surface area contributed by atoms with E-state index in [4.69, 9.17) is 14.4 Å². The molecule has 44 heavy (non-hydrogen) atoms. The number of hydrogen-bond donors (Lipinski definition) is 0. The fourth-order valence-corrected chi connectivity index (χ4v) is 5.66. The number of aryl methyl sites for hydroxylation is 3. The van der Waals surface area contributed by atoms with Crippen molar-refractivity contribution in [3.8, 4) is 22.5 Å². The van der Waals surface area contributed by atoms with Gasteiger partial charge in [-0.15, -0.1) is 54.1 Å². The molecule has 0 spiro atoms. The molecule has 1 aliphatic carbocycles. The summed E-state index contributed by atoms with van der Waals surface area (Å²) in [6.45, 7) is 2.03. The van der Waals surface area contributed by atoms with E-state index >= 15 is 0 Å². The van der Waals surface area contributed by atoms with E-state index in [1.807, 2.05) is 55.6 Å². The molecule has 219 valence electrons. The van der Waals surface area contributed by atoms with Crippen molar-refractivity contribution in [1.29, 1.82) is 0 Å². The maximum Gasteiger partial charge on any atom is 0.216 e. The summed E-state index contributed by atoms with van der Waals surface area (Å²) in [5, 5.41) is 2.10. The molecule has 0 aliphatic heterocycles. The van der Waals surface area contributed by atoms with Gasteiger partial charge >= 0.3 is 0 Å². The molecular formula is C39H31IrN3O-2. The van der Waals surface area contributed by atoms with Crippen LogP contribution >= 0.6 is 0 Å². The molecule has 4 aromatic heterocycles. The van der Waals surface area contributed by atoms with Crippen molar-refractivity contribution >= 4 is 22.1 Å². The zero-order valence-electron chi connectivity index (χ0n) is 24.5. The third-order valence-corrected chi connectivity index (χ3v) is 7.91. The van der Waals surface area contributed by atoms with Gasteiger partial charge in [-0.2, -0.15) is 0 Å². The zero-order valence-corrected chi connectivity index (χ0v) is 26.9. The van der Waals surface area contributed by atoms with Gasteiger partial charge in [-0.25, -0.2) is 4.98 Å². The zero-order chi connectivity index (χ0) is 29.0. The molecular weight excluding hydrogens is 719 g/mol. The molecule has 0 amide bonds. The average molecular weight is 750 g/mol. The molecule has 1 aliphatic rings. The Morgan fingerprint density at radius 3 is 2.39 bits per heavy atom. The van der Waals surface area contributed by atoms with Crippen molar-refractivity contribution in [1.82, 2.24) is 15.0 Å². The van der Waals surface area contributed by atoms with Crippen molar-refractivity contribution in [2.24, 2.45) is 0 Å². The Hall–Kier alpha value is -4.44. The van der Waals surface area contributed by atoms with Crippen molar-refractivity contribution in [2.45, 2.75) is 39.0 Å². The van der Waals surface area contributed by atoms with Crippen LogP contribution < -0.4 is 0 Å². The minimum Gasteiger partial charge on any atom is -0.486 e. The maximum atomic E-state index is 6.28. The topological polar surface area (TPSA) is 51.8 Å². The van der Waals surface area contributed by atoms with Crippen LogP contribution in [-0.4, -0.2) is 15.0 Å². The van der Waals surface area contributed by atoms with Crippen LogP contribution in [0.15, 0.2) is 114 Å². The Labute approximate surface area is 271 Å². The van der Waals surface area contributed by atoms with E-state index < -0.39 is 0 Å². The van der Waals surface area contributed by atoms with Crippen LogP contribution in [0.4, 0.5) is 0 Å². The van der Waals surface area contributed by atoms with E-state index in [0.29, 0.717) is 5.71 Å². The minimum absolute atomic E-state index is 0. The summed E-state index contributed by atoms with van der Waals surface area (Å²) < 4.78 is 6.28. The number of benzene rings is 3. The summed E-state index contributed by atoms with van der Waals surface area (Å²) >= 11 is 0. The fraction of sp³-hybridized carbons (Fsp3) is 0.154. The molecule has 7 aromatic rings. The normalized spacial score (nSPS) is 12.2. The van der Waals surface area contributed by atoms with Gasteiger partial charge in [0.05, 0.1) is 5.58 Å². The van der Waals surface area contributed by atoms with Gasteiger partial charge in [0.15, 0.2) is 0 Å². The van der Waals surface area contributed by atoms with Gasteiger partial charge in [-0.1, -0.05) is 65.5 Å². The smallest absolute Gasteiger partial charge is 0.216 e. The summed E-state index contributed by atoms with van der Waals surface area (Å²) in [5.74, 6) is 0. The van der Waals surface area contributed by atoms with Crippen LogP contribution in [0.3, 0.4) is 0 Å². The Balaban J connectivity index is 0.000000207. The summed E-state index contributed by atoms with van der Waals surface area (Å²) in [6.07, 6.45) is 7.33. The molecule has 0 bridgehead atoms. The molecule has 1 radical (unpaired) electrons. The van der Waals surface area contributed by atoms with E-state index in [0.717, 1.165) is 63.8 Å². The van der Waals surface area contributed by atoms with Crippen molar-refractivity contribution < 1.29 is 24.5 Å². The third-order valence-electron chi connectivity index (χ3n) is 7.91. The van der Waals surface area contributed by atoms with Gasteiger partial charge in [0.2, 0.25) is 5.71 Å². The van der Waals surface area contributed by atoms with Crippen molar-refractivity contribution in [3.63, 3.8) is 0 Å². The van der Waals surface area contributed by atoms with Gasteiger partial charge < -0.3 is 14.4 Å². The first kappa shape index (κ1) is 29.6. The number of rotatable bonds is 4. The largest absolute Gasteiger partial charge is 0.486 e. The van der Waals surface area contributed by atoms with E-state index in [2.05, 4.69) is 77.8 Å². The number of hydrogen-bond acceptors (Lipinski definition) is 4. The molecule has 4 heterocycles. The third kappa shape index (κ3) is 6.40. The predicted octanol–water partition coefficient (Wildman–Crippen LogP) is 9.17. The van der Waals surface area contributed by atoms with Gasteiger partial charge in [-0.05, 0) is 72.8 Å². The first-order chi connectivity index (χ1) is 21.2. The molecule has 0 saturated heterocycles. The van der Waals surface area contributed by atoms with Crippen LogP contribution in [0.2, 0.25) is 0 Å². The Morgan fingerprint density at radius 2 is 1.57 bits per heavy atom. The summed E-state index contributed by atoms with van der Waals surface area (Å²) in [4.78, 5) is 14.1. The number of pyridine rings is 3. The molecule has 4 nitrogen and oxygen atoms in total. The quantitative estimate of drug-likeness (QED) is 0.169. The maximum absolute atomic E-state index is 6.28. The molecule has 0 saturated carbocycles. The second-order valence-electron chi connectivity index (χ2n) is 11.0. The summed E-state index contributed by atoms with van der Waals surface area (Å²) in [5.41, 5.74) is 11.4. The standard InChI is InChI=1S/C27H21N2O.C12H10N.Ir/c1-2-7-18(8-3-1)17-20-14-15-22-21-10-6-11-23(26(21)30-27(22)28-20)25-16-13-19-9-4-5-12-24(19)29-25;1-10-7-8-12(13-9-10)11-5-3-2-4-6-11;/h1-3,6-8,10,13-16H,4-5,9,12,17H2;2-5,7-9H,1H3;/q2*-1;. The minimum atomic E-state index is 0. The molecule has 5 heteroatoms. The van der Waals surface area contributed by atoms with E-state index in [-0.39, 0.29) is 20.1 Å². The van der Waals surface area contributed by atoms with E-state index in [1.54, 1.807) is 0 Å². The van der Waals surface area contributed by atoms with Gasteiger partial charge in [-0.3, -0.25) is 0 Å². The Bertz CT molecular complexity index is 2000. The Kier molecular flexibility index (Phi) is 9.07. The van der Waals surface area contributed by atoms with Gasteiger partial charge in [0.25, 0.3) is 0 Å². The van der Waals surface area contributed by atoms with Crippen molar-refractivity contribution in [3.05, 3.63) is 150 Å². The van der Waals surface area contributed by atoms with Gasteiger partial charge in [0.1, 0.15) is 0 Å². The number of furan rings is 1. The summed E-state index contributed by atoms with van der Waals surface area (Å²) in [7, 11) is 0. The first-order valence-electron chi connectivity index (χ1n) is 14.9. The second kappa shape index (κ2) is 13.5. The average Bonchev–Trinajstić information content (AvgIpc) is 3.44. The SMILES string of the molecule is Cc1ccc(-c2[c-]cccc2)nc1.[Ir].[c-]1ccc2c(oc3nc(Cc4ccccc4)ccc32)c1-c1ccc2c(n1)CCCC2. The first-order valence-corrected chi connectivity index (χ1v) is 14.9. The summed E-state index contributed by atoms with van der Waals surface area (Å²) in [6, 6.07) is 41.4. The molecule has 0 N–H and O–H groups in total. The molecule has 3 aromatic carbocycles. The van der Waals surface area contributed by atoms with Crippen LogP contribution in [0.5, 0.6) is 0 Å². The van der Waals surface area contributed by atoms with Crippen molar-refractivity contribution in [2.75, 3.05) is 0 Å². The number of fused-ring (bicyclic) bond motifs is 4. The van der Waals surface area contributed by atoms with Crippen LogP contribution in [0, 0.1) is 19.1 Å². The molecule has 8 rings (SSSR count). The van der Waals surface area contributed by atoms with Gasteiger partial charge in [0, 0.05) is 49.5 Å². The molecule has 0 unspecified atom stereocenters. The molecule has 0 fully saturated rings. The monoisotopic (exact) mass is 750 g/mol.